The summed E-state index contributed by atoms with van der Waals surface area (Å²) in [5.74, 6) is -1.47. The molecule has 168 valence electrons. The van der Waals surface area contributed by atoms with Gasteiger partial charge in [-0.1, -0.05) is 6.07 Å². The van der Waals surface area contributed by atoms with E-state index in [1.807, 2.05) is 0 Å². The van der Waals surface area contributed by atoms with E-state index in [0.29, 0.717) is 18.5 Å². The van der Waals surface area contributed by atoms with Crippen molar-refractivity contribution in [2.75, 3.05) is 25.1 Å². The number of carbonyl (C=O) groups is 1. The molecule has 31 heavy (non-hydrogen) atoms. The zero-order valence-corrected chi connectivity index (χ0v) is 18.7. The molecule has 0 radical (unpaired) electrons. The van der Waals surface area contributed by atoms with Gasteiger partial charge in [0.05, 0.1) is 30.2 Å². The first-order chi connectivity index (χ1) is 14.5. The van der Waals surface area contributed by atoms with Crippen molar-refractivity contribution in [1.29, 1.82) is 0 Å². The van der Waals surface area contributed by atoms with Gasteiger partial charge in [0.1, 0.15) is 5.75 Å². The molecule has 3 rings (SSSR count). The summed E-state index contributed by atoms with van der Waals surface area (Å²) < 4.78 is 51.9. The van der Waals surface area contributed by atoms with Crippen LogP contribution in [0.2, 0.25) is 0 Å². The van der Waals surface area contributed by atoms with Gasteiger partial charge in [0, 0.05) is 18.7 Å². The summed E-state index contributed by atoms with van der Waals surface area (Å²) in [7, 11) is -1.52. The van der Waals surface area contributed by atoms with Crippen molar-refractivity contribution < 1.29 is 32.2 Å². The first kappa shape index (κ1) is 22.9. The van der Waals surface area contributed by atoms with E-state index in [0.717, 1.165) is 17.7 Å². The summed E-state index contributed by atoms with van der Waals surface area (Å²) in [4.78, 5) is 12.0. The Bertz CT molecular complexity index is 1100. The minimum atomic E-state index is -4.10. The van der Waals surface area contributed by atoms with Crippen molar-refractivity contribution in [3.63, 3.8) is 0 Å². The van der Waals surface area contributed by atoms with Gasteiger partial charge in [-0.15, -0.1) is 0 Å². The molecule has 1 atom stereocenters. The van der Waals surface area contributed by atoms with Crippen molar-refractivity contribution >= 4 is 21.7 Å². The van der Waals surface area contributed by atoms with Gasteiger partial charge in [0.15, 0.2) is 11.6 Å². The van der Waals surface area contributed by atoms with Crippen LogP contribution in [0.3, 0.4) is 0 Å². The number of aromatic hydroxyl groups is 1. The van der Waals surface area contributed by atoms with E-state index in [-0.39, 0.29) is 34.8 Å². The number of anilines is 1. The molecular weight excluding hydrogens is 425 g/mol. The molecule has 2 aromatic carbocycles. The van der Waals surface area contributed by atoms with Crippen LogP contribution in [0.5, 0.6) is 11.5 Å². The predicted molar refractivity (Wildman–Crippen MR) is 113 cm³/mol. The average Bonchev–Trinajstić information content (AvgIpc) is 2.72. The lowest BCUT2D eigenvalue weighted by molar-refractivity contribution is -0.151. The highest BCUT2D eigenvalue weighted by atomic mass is 32.2. The van der Waals surface area contributed by atoms with E-state index < -0.39 is 21.3 Å². The first-order valence-corrected chi connectivity index (χ1v) is 11.2. The van der Waals surface area contributed by atoms with Gasteiger partial charge in [-0.3, -0.25) is 9.10 Å². The van der Waals surface area contributed by atoms with Crippen LogP contribution in [0.25, 0.3) is 0 Å². The molecule has 0 saturated heterocycles. The minimum absolute atomic E-state index is 0.0658. The maximum Gasteiger partial charge on any atom is 0.311 e. The van der Waals surface area contributed by atoms with Gasteiger partial charge in [0.2, 0.25) is 0 Å². The van der Waals surface area contributed by atoms with Gasteiger partial charge in [-0.25, -0.2) is 12.8 Å². The number of sulfonamides is 1. The summed E-state index contributed by atoms with van der Waals surface area (Å²) >= 11 is 0. The topological polar surface area (TPSA) is 93.1 Å². The number of phenolic OH excluding ortho intramolecular Hbond substituents is 1. The normalized spacial score (nSPS) is 16.5. The van der Waals surface area contributed by atoms with Crippen LogP contribution >= 0.6 is 0 Å². The molecule has 9 heteroatoms. The Kier molecular flexibility index (Phi) is 6.18. The van der Waals surface area contributed by atoms with E-state index in [1.54, 1.807) is 19.9 Å². The largest absolute Gasteiger partial charge is 0.508 e. The number of hydrogen-bond acceptors (Lipinski definition) is 6. The second-order valence-corrected chi connectivity index (χ2v) is 10.2. The lowest BCUT2D eigenvalue weighted by atomic mass is 9.79. The second kappa shape index (κ2) is 8.37. The molecule has 0 bridgehead atoms. The minimum Gasteiger partial charge on any atom is -0.508 e. The fourth-order valence-electron chi connectivity index (χ4n) is 4.04. The molecule has 7 nitrogen and oxygen atoms in total. The monoisotopic (exact) mass is 451 g/mol. The van der Waals surface area contributed by atoms with Gasteiger partial charge in [-0.05, 0) is 56.4 Å². The van der Waals surface area contributed by atoms with Crippen molar-refractivity contribution in [2.45, 2.75) is 31.6 Å². The molecule has 0 aliphatic carbocycles. The Labute approximate surface area is 181 Å². The molecule has 1 aliphatic rings. The van der Waals surface area contributed by atoms with Gasteiger partial charge in [-0.2, -0.15) is 0 Å². The fourth-order valence-corrected chi connectivity index (χ4v) is 5.63. The highest BCUT2D eigenvalue weighted by Gasteiger charge is 2.38. The number of halogens is 1. The number of carbonyl (C=O) groups excluding carboxylic acids is 1. The number of esters is 1. The van der Waals surface area contributed by atoms with Crippen molar-refractivity contribution in [2.24, 2.45) is 11.3 Å². The molecule has 1 N–H and O–H groups in total. The molecule has 0 amide bonds. The van der Waals surface area contributed by atoms with Gasteiger partial charge < -0.3 is 14.6 Å². The van der Waals surface area contributed by atoms with E-state index in [2.05, 4.69) is 0 Å². The molecule has 1 unspecified atom stereocenters. The predicted octanol–water partition coefficient (Wildman–Crippen LogP) is 3.50. The Morgan fingerprint density at radius 3 is 2.58 bits per heavy atom. The summed E-state index contributed by atoms with van der Waals surface area (Å²) in [6.45, 7) is 3.61. The third-order valence-electron chi connectivity index (χ3n) is 5.52. The van der Waals surface area contributed by atoms with Crippen LogP contribution in [0.15, 0.2) is 41.3 Å². The number of phenols is 1. The Morgan fingerprint density at radius 2 is 1.94 bits per heavy atom. The Balaban J connectivity index is 2.05. The summed E-state index contributed by atoms with van der Waals surface area (Å²) in [6.07, 6.45) is 0.938. The molecule has 1 aliphatic heterocycles. The number of fused-ring (bicyclic) bond motifs is 1. The van der Waals surface area contributed by atoms with E-state index in [1.165, 1.54) is 36.7 Å². The average molecular weight is 452 g/mol. The lowest BCUT2D eigenvalue weighted by Gasteiger charge is -2.37. The Hall–Kier alpha value is -2.81. The van der Waals surface area contributed by atoms with Crippen LogP contribution in [0.1, 0.15) is 25.8 Å². The second-order valence-electron chi connectivity index (χ2n) is 8.30. The van der Waals surface area contributed by atoms with Crippen LogP contribution in [-0.2, 0) is 26.0 Å². The molecule has 0 aromatic heterocycles. The lowest BCUT2D eigenvalue weighted by Crippen LogP contribution is -2.42. The third-order valence-corrected chi connectivity index (χ3v) is 7.29. The van der Waals surface area contributed by atoms with Crippen LogP contribution in [-0.4, -0.2) is 40.3 Å². The van der Waals surface area contributed by atoms with Crippen molar-refractivity contribution in [1.82, 2.24) is 0 Å². The molecule has 2 aromatic rings. The van der Waals surface area contributed by atoms with E-state index in [4.69, 9.17) is 9.47 Å². The van der Waals surface area contributed by atoms with Crippen LogP contribution in [0.4, 0.5) is 10.1 Å². The number of rotatable bonds is 6. The highest BCUT2D eigenvalue weighted by Crippen LogP contribution is 2.40. The smallest absolute Gasteiger partial charge is 0.311 e. The number of nitrogens with zero attached hydrogens (tertiary/aromatic N) is 1. The standard InChI is InChI=1S/C22H26FNO6S/c1-22(2,21(26)30-4)12-14-9-15-5-6-16(25)10-19(15)24(13-14)31(27,28)17-7-8-18(23)20(11-17)29-3/h5-8,10-11,14,25H,9,12-13H2,1-4H3. The number of hydrogen-bond donors (Lipinski definition) is 1. The van der Waals surface area contributed by atoms with Crippen molar-refractivity contribution in [3.05, 3.63) is 47.8 Å². The quantitative estimate of drug-likeness (QED) is 0.676. The summed E-state index contributed by atoms with van der Waals surface area (Å²) in [5.41, 5.74) is 0.283. The number of methoxy groups -OCH3 is 2. The number of benzene rings is 2. The van der Waals surface area contributed by atoms with E-state index >= 15 is 0 Å². The fraction of sp³-hybridized carbons (Fsp3) is 0.409. The van der Waals surface area contributed by atoms with E-state index in [9.17, 15) is 22.7 Å². The van der Waals surface area contributed by atoms with Crippen molar-refractivity contribution in [3.8, 4) is 11.5 Å². The number of ether oxygens (including phenoxy) is 2. The molecular formula is C22H26FNO6S. The highest BCUT2D eigenvalue weighted by molar-refractivity contribution is 7.92. The van der Waals surface area contributed by atoms with Crippen LogP contribution < -0.4 is 9.04 Å². The summed E-state index contributed by atoms with van der Waals surface area (Å²) in [5, 5.41) is 9.97. The maximum atomic E-state index is 13.8. The zero-order valence-electron chi connectivity index (χ0n) is 17.9. The first-order valence-electron chi connectivity index (χ1n) is 9.76. The Morgan fingerprint density at radius 1 is 1.23 bits per heavy atom. The SMILES string of the molecule is COC(=O)C(C)(C)CC1Cc2ccc(O)cc2N(S(=O)(=O)c2ccc(F)c(OC)c2)C1. The molecule has 0 spiro atoms. The molecule has 0 saturated carbocycles. The van der Waals surface area contributed by atoms with Gasteiger partial charge >= 0.3 is 5.97 Å². The zero-order chi connectivity index (χ0) is 23.0. The maximum absolute atomic E-state index is 13.8. The molecule has 0 fully saturated rings. The summed E-state index contributed by atoms with van der Waals surface area (Å²) in [6, 6.07) is 7.92. The van der Waals surface area contributed by atoms with Crippen LogP contribution in [0, 0.1) is 17.2 Å². The third kappa shape index (κ3) is 4.46. The molecule has 1 heterocycles. The van der Waals surface area contributed by atoms with Gasteiger partial charge in [0.25, 0.3) is 10.0 Å².